The third-order valence-electron chi connectivity index (χ3n) is 3.67. The lowest BCUT2D eigenvalue weighted by Crippen LogP contribution is -2.54. The summed E-state index contributed by atoms with van der Waals surface area (Å²) in [5.74, 6) is 0.849. The molecule has 1 rings (SSSR count). The molecule has 0 atom stereocenters. The van der Waals surface area contributed by atoms with Crippen LogP contribution < -0.4 is 5.19 Å². The summed E-state index contributed by atoms with van der Waals surface area (Å²) in [5, 5.41) is 0.975. The number of hydrogen-bond donors (Lipinski definition) is 1. The van der Waals surface area contributed by atoms with E-state index < -0.39 is 17.6 Å². The van der Waals surface area contributed by atoms with Crippen molar-refractivity contribution >= 4 is 35.4 Å². The molecule has 0 bridgehead atoms. The third kappa shape index (κ3) is 9.20. The van der Waals surface area contributed by atoms with Crippen LogP contribution in [0.3, 0.4) is 0 Å². The minimum absolute atomic E-state index is 0.652. The minimum atomic E-state index is -2.59. The van der Waals surface area contributed by atoms with E-state index in [0.29, 0.717) is 19.8 Å². The molecule has 0 aromatic heterocycles. The number of hydrogen-bond acceptors (Lipinski definition) is 7. The van der Waals surface area contributed by atoms with E-state index in [2.05, 4.69) is 12.6 Å². The standard InChI is InChI=1S/C9H22O3SSi.C9H14O3Si/c1-4-10-14(11-5-2,12-6-3)9-7-8-13;1-10-13(11-2,12-3)9-7-5-4-6-8-9/h13H,4-9H2,1-3H3;4-8H,1-3H3. The zero-order valence-corrected chi connectivity index (χ0v) is 20.4. The van der Waals surface area contributed by atoms with Gasteiger partial charge in [-0.3, -0.25) is 0 Å². The maximum atomic E-state index is 5.67. The van der Waals surface area contributed by atoms with E-state index in [1.165, 1.54) is 0 Å². The summed E-state index contributed by atoms with van der Waals surface area (Å²) in [5.41, 5.74) is 0. The monoisotopic (exact) mass is 436 g/mol. The molecule has 0 unspecified atom stereocenters. The first-order chi connectivity index (χ1) is 13.0. The van der Waals surface area contributed by atoms with Gasteiger partial charge in [-0.25, -0.2) is 0 Å². The molecule has 1 aromatic carbocycles. The summed E-state index contributed by atoms with van der Waals surface area (Å²) in [6.07, 6.45) is 0.981. The molecule has 0 saturated heterocycles. The van der Waals surface area contributed by atoms with Crippen molar-refractivity contribution in [1.82, 2.24) is 0 Å². The minimum Gasteiger partial charge on any atom is -0.374 e. The van der Waals surface area contributed by atoms with Crippen LogP contribution in [0.2, 0.25) is 6.04 Å². The van der Waals surface area contributed by atoms with Crippen LogP contribution in [0.5, 0.6) is 0 Å². The van der Waals surface area contributed by atoms with Gasteiger partial charge < -0.3 is 26.6 Å². The van der Waals surface area contributed by atoms with Gasteiger partial charge in [0.05, 0.1) is 0 Å². The number of benzene rings is 1. The van der Waals surface area contributed by atoms with Crippen molar-refractivity contribution in [2.24, 2.45) is 0 Å². The van der Waals surface area contributed by atoms with Crippen molar-refractivity contribution in [2.75, 3.05) is 46.9 Å². The fourth-order valence-electron chi connectivity index (χ4n) is 2.54. The highest BCUT2D eigenvalue weighted by atomic mass is 32.1. The molecule has 0 heterocycles. The molecule has 1 aromatic rings. The van der Waals surface area contributed by atoms with Crippen molar-refractivity contribution in [2.45, 2.75) is 33.2 Å². The van der Waals surface area contributed by atoms with Gasteiger partial charge in [-0.1, -0.05) is 30.3 Å². The Bertz CT molecular complexity index is 437. The fraction of sp³-hybridized carbons (Fsp3) is 0.667. The van der Waals surface area contributed by atoms with E-state index in [-0.39, 0.29) is 0 Å². The molecule has 0 spiro atoms. The molecular weight excluding hydrogens is 400 g/mol. The van der Waals surface area contributed by atoms with Crippen molar-refractivity contribution < 1.29 is 26.6 Å². The van der Waals surface area contributed by atoms with Gasteiger partial charge in [0.2, 0.25) is 0 Å². The summed E-state index contributed by atoms with van der Waals surface area (Å²) < 4.78 is 33.0. The van der Waals surface area contributed by atoms with Crippen LogP contribution in [0.25, 0.3) is 0 Å². The van der Waals surface area contributed by atoms with Crippen LogP contribution in [-0.2, 0) is 26.6 Å². The van der Waals surface area contributed by atoms with Gasteiger partial charge in [0.15, 0.2) is 0 Å². The predicted octanol–water partition coefficient (Wildman–Crippen LogP) is 3.13. The van der Waals surface area contributed by atoms with Crippen molar-refractivity contribution in [3.05, 3.63) is 30.3 Å². The second-order valence-electron chi connectivity index (χ2n) is 5.34. The molecule has 0 aliphatic carbocycles. The first kappa shape index (κ1) is 26.8. The van der Waals surface area contributed by atoms with Gasteiger partial charge in [-0.2, -0.15) is 12.6 Å². The maximum Gasteiger partial charge on any atom is 0.536 e. The Labute approximate surface area is 172 Å². The number of rotatable bonds is 13. The van der Waals surface area contributed by atoms with Gasteiger partial charge in [0.25, 0.3) is 0 Å². The summed E-state index contributed by atoms with van der Waals surface area (Å²) >= 11 is 4.19. The van der Waals surface area contributed by atoms with Crippen LogP contribution in [0.1, 0.15) is 27.2 Å². The smallest absolute Gasteiger partial charge is 0.374 e. The Hall–Kier alpha value is -0.236. The zero-order valence-electron chi connectivity index (χ0n) is 17.5. The van der Waals surface area contributed by atoms with E-state index in [4.69, 9.17) is 26.6 Å². The third-order valence-corrected chi connectivity index (χ3v) is 9.79. The molecule has 0 N–H and O–H groups in total. The Kier molecular flexibility index (Phi) is 15.5. The van der Waals surface area contributed by atoms with Crippen LogP contribution in [-0.4, -0.2) is 64.5 Å². The fourth-order valence-corrected chi connectivity index (χ4v) is 7.42. The van der Waals surface area contributed by atoms with Crippen LogP contribution in [0.15, 0.2) is 30.3 Å². The normalized spacial score (nSPS) is 11.8. The second-order valence-corrected chi connectivity index (χ2v) is 11.4. The topological polar surface area (TPSA) is 55.4 Å². The predicted molar refractivity (Wildman–Crippen MR) is 117 cm³/mol. The second kappa shape index (κ2) is 15.7. The van der Waals surface area contributed by atoms with Crippen molar-refractivity contribution in [1.29, 1.82) is 0 Å². The summed E-state index contributed by atoms with van der Waals surface area (Å²) in [6, 6.07) is 10.6. The number of thiol groups is 1. The van der Waals surface area contributed by atoms with E-state index >= 15 is 0 Å². The average Bonchev–Trinajstić information content (AvgIpc) is 2.70. The molecule has 9 heteroatoms. The molecule has 0 fully saturated rings. The maximum absolute atomic E-state index is 5.67. The van der Waals surface area contributed by atoms with Gasteiger partial charge in [0, 0.05) is 52.4 Å². The molecule has 0 aliphatic heterocycles. The quantitative estimate of drug-likeness (QED) is 0.379. The Morgan fingerprint density at radius 2 is 1.22 bits per heavy atom. The van der Waals surface area contributed by atoms with Crippen LogP contribution >= 0.6 is 12.6 Å². The van der Waals surface area contributed by atoms with Crippen molar-refractivity contribution in [3.63, 3.8) is 0 Å². The van der Waals surface area contributed by atoms with Gasteiger partial charge in [-0.15, -0.1) is 0 Å². The Morgan fingerprint density at radius 1 is 0.778 bits per heavy atom. The van der Waals surface area contributed by atoms with E-state index in [1.807, 2.05) is 51.1 Å². The van der Waals surface area contributed by atoms with Crippen molar-refractivity contribution in [3.8, 4) is 0 Å². The molecule has 158 valence electrons. The van der Waals surface area contributed by atoms with Crippen LogP contribution in [0.4, 0.5) is 0 Å². The molecule has 27 heavy (non-hydrogen) atoms. The first-order valence-electron chi connectivity index (χ1n) is 9.27. The SMILES string of the molecule is CCO[Si](CCCS)(OCC)OCC.CO[Si](OC)(OC)c1ccccc1. The van der Waals surface area contributed by atoms with E-state index in [9.17, 15) is 0 Å². The molecule has 0 saturated carbocycles. The highest BCUT2D eigenvalue weighted by Gasteiger charge is 2.40. The molecule has 0 aliphatic rings. The van der Waals surface area contributed by atoms with E-state index in [0.717, 1.165) is 23.4 Å². The summed E-state index contributed by atoms with van der Waals surface area (Å²) in [6.45, 7) is 7.87. The highest BCUT2D eigenvalue weighted by molar-refractivity contribution is 7.80. The summed E-state index contributed by atoms with van der Waals surface area (Å²) in [7, 11) is -0.149. The van der Waals surface area contributed by atoms with E-state index in [1.54, 1.807) is 21.3 Å². The average molecular weight is 437 g/mol. The van der Waals surface area contributed by atoms with Gasteiger partial charge in [0.1, 0.15) is 0 Å². The zero-order chi connectivity index (χ0) is 20.6. The largest absolute Gasteiger partial charge is 0.536 e. The molecule has 0 amide bonds. The lowest BCUT2D eigenvalue weighted by Gasteiger charge is -2.28. The lowest BCUT2D eigenvalue weighted by molar-refractivity contribution is 0.0712. The van der Waals surface area contributed by atoms with Crippen LogP contribution in [0, 0.1) is 0 Å². The molecule has 6 nitrogen and oxygen atoms in total. The highest BCUT2D eigenvalue weighted by Crippen LogP contribution is 2.18. The lowest BCUT2D eigenvalue weighted by atomic mass is 10.4. The van der Waals surface area contributed by atoms with Gasteiger partial charge in [-0.05, 0) is 32.9 Å². The molecule has 0 radical (unpaired) electrons. The van der Waals surface area contributed by atoms with Gasteiger partial charge >= 0.3 is 17.6 Å². The first-order valence-corrected chi connectivity index (χ1v) is 13.6. The Balaban J connectivity index is 0.000000501. The summed E-state index contributed by atoms with van der Waals surface area (Å²) in [4.78, 5) is 0. The Morgan fingerprint density at radius 3 is 1.56 bits per heavy atom. The molecular formula is C18H36O6SSi2.